The molecule has 2 atom stereocenters. The van der Waals surface area contributed by atoms with E-state index in [2.05, 4.69) is 38.9 Å². The van der Waals surface area contributed by atoms with Crippen LogP contribution in [0.4, 0.5) is 4.39 Å². The number of aliphatic hydroxyl groups is 1. The van der Waals surface area contributed by atoms with Crippen molar-refractivity contribution in [2.75, 3.05) is 33.4 Å². The lowest BCUT2D eigenvalue weighted by molar-refractivity contribution is -0.131. The lowest BCUT2D eigenvalue weighted by Crippen LogP contribution is -2.62. The summed E-state index contributed by atoms with van der Waals surface area (Å²) >= 11 is 0. The van der Waals surface area contributed by atoms with Gasteiger partial charge in [-0.25, -0.2) is 9.37 Å². The maximum Gasteiger partial charge on any atom is 0.152 e. The Bertz CT molecular complexity index is 1460. The third-order valence-corrected chi connectivity index (χ3v) is 8.67. The molecule has 196 valence electrons. The molecule has 0 bridgehead atoms. The van der Waals surface area contributed by atoms with Crippen molar-refractivity contribution in [3.8, 4) is 5.69 Å². The van der Waals surface area contributed by atoms with Crippen LogP contribution in [0.15, 0.2) is 59.6 Å². The number of aryl methyl sites for hydroxylation is 1. The molecule has 1 N–H and O–H groups in total. The number of piperidine rings is 1. The minimum Gasteiger partial charge on any atom is -0.394 e. The molecule has 7 nitrogen and oxygen atoms in total. The number of benzene rings is 2. The Hall–Kier alpha value is -3.49. The average molecular weight is 514 g/mol. The molecule has 3 aliphatic heterocycles. The number of likely N-dealkylation sites (N-methyl/N-ethyl adjacent to an activating group) is 1. The number of rotatable bonds is 4. The zero-order chi connectivity index (χ0) is 26.0. The minimum atomic E-state index is -0.262. The van der Waals surface area contributed by atoms with Gasteiger partial charge in [-0.05, 0) is 78.3 Å². The molecule has 1 aromatic heterocycles. The number of hydrogen-bond donors (Lipinski definition) is 1. The highest BCUT2D eigenvalue weighted by molar-refractivity contribution is 6.03. The van der Waals surface area contributed by atoms with Crippen molar-refractivity contribution in [2.24, 2.45) is 10.5 Å². The Balaban J connectivity index is 1.32. The van der Waals surface area contributed by atoms with Gasteiger partial charge in [0.2, 0.25) is 0 Å². The molecule has 2 fully saturated rings. The number of imidazole rings is 1. The van der Waals surface area contributed by atoms with Crippen LogP contribution < -0.4 is 0 Å². The number of hydrazone groups is 1. The molecule has 4 aliphatic rings. The number of hydrogen-bond acceptors (Lipinski definition) is 6. The van der Waals surface area contributed by atoms with Crippen LogP contribution in [-0.2, 0) is 17.6 Å². The first kappa shape index (κ1) is 23.6. The fourth-order valence-corrected chi connectivity index (χ4v) is 6.59. The molecule has 3 aromatic rings. The quantitative estimate of drug-likeness (QED) is 0.574. The van der Waals surface area contributed by atoms with E-state index in [9.17, 15) is 9.50 Å². The summed E-state index contributed by atoms with van der Waals surface area (Å²) in [6.07, 6.45) is 9.31. The maximum atomic E-state index is 13.8. The molecule has 2 saturated heterocycles. The first-order chi connectivity index (χ1) is 18.4. The highest BCUT2D eigenvalue weighted by Crippen LogP contribution is 2.46. The van der Waals surface area contributed by atoms with E-state index in [-0.39, 0.29) is 29.9 Å². The molecule has 38 heavy (non-hydrogen) atoms. The zero-order valence-corrected chi connectivity index (χ0v) is 21.8. The molecule has 2 aromatic carbocycles. The zero-order valence-electron chi connectivity index (χ0n) is 21.8. The molecule has 1 aliphatic carbocycles. The lowest BCUT2D eigenvalue weighted by atomic mass is 9.73. The Morgan fingerprint density at radius 2 is 1.92 bits per heavy atom. The highest BCUT2D eigenvalue weighted by atomic mass is 19.1. The van der Waals surface area contributed by atoms with Crippen LogP contribution in [-0.4, -0.2) is 69.9 Å². The van der Waals surface area contributed by atoms with Crippen molar-refractivity contribution in [3.05, 3.63) is 88.3 Å². The van der Waals surface area contributed by atoms with Gasteiger partial charge >= 0.3 is 0 Å². The maximum absolute atomic E-state index is 13.8. The standard InChI is InChI=1S/C30H32FN5O2/c1-19-13-35(18-32-19)26-10-5-21(24-8-9-25(24)26)11-22-12-30(16-38-17-30)15-36-28(20-3-6-23(31)7-4-20)27(14-37)34(2)33-29(22)36/h3-7,10-11,13,18,27-28,37H,8-9,12,14-17H2,1-2H3. The summed E-state index contributed by atoms with van der Waals surface area (Å²) in [4.78, 5) is 6.75. The second kappa shape index (κ2) is 8.78. The number of halogens is 1. The average Bonchev–Trinajstić information content (AvgIpc) is 3.30. The van der Waals surface area contributed by atoms with Gasteiger partial charge in [-0.1, -0.05) is 18.2 Å². The first-order valence-electron chi connectivity index (χ1n) is 13.3. The summed E-state index contributed by atoms with van der Waals surface area (Å²) in [6, 6.07) is 10.7. The number of fused-ring (bicyclic) bond motifs is 2. The van der Waals surface area contributed by atoms with Crippen LogP contribution in [0.1, 0.15) is 40.4 Å². The predicted molar refractivity (Wildman–Crippen MR) is 143 cm³/mol. The van der Waals surface area contributed by atoms with E-state index in [0.29, 0.717) is 13.2 Å². The first-order valence-corrected chi connectivity index (χ1v) is 13.3. The Kier molecular flexibility index (Phi) is 5.46. The molecule has 4 heterocycles. The number of aliphatic hydroxyl groups excluding tert-OH is 1. The topological polar surface area (TPSA) is 66.1 Å². The molecule has 0 radical (unpaired) electrons. The smallest absolute Gasteiger partial charge is 0.152 e. The van der Waals surface area contributed by atoms with Crippen molar-refractivity contribution < 1.29 is 14.2 Å². The van der Waals surface area contributed by atoms with Crippen molar-refractivity contribution in [3.63, 3.8) is 0 Å². The third-order valence-electron chi connectivity index (χ3n) is 8.67. The Morgan fingerprint density at radius 1 is 1.13 bits per heavy atom. The van der Waals surface area contributed by atoms with Gasteiger partial charge in [0, 0.05) is 30.9 Å². The van der Waals surface area contributed by atoms with E-state index in [0.717, 1.165) is 42.9 Å². The van der Waals surface area contributed by atoms with Crippen molar-refractivity contribution in [1.29, 1.82) is 0 Å². The fourth-order valence-electron chi connectivity index (χ4n) is 6.59. The van der Waals surface area contributed by atoms with Crippen LogP contribution in [0, 0.1) is 18.2 Å². The minimum absolute atomic E-state index is 0.0143. The highest BCUT2D eigenvalue weighted by Gasteiger charge is 2.51. The monoisotopic (exact) mass is 513 g/mol. The van der Waals surface area contributed by atoms with Gasteiger partial charge < -0.3 is 19.3 Å². The van der Waals surface area contributed by atoms with Crippen LogP contribution in [0.5, 0.6) is 0 Å². The normalized spacial score (nSPS) is 24.5. The van der Waals surface area contributed by atoms with Gasteiger partial charge in [0.15, 0.2) is 5.84 Å². The van der Waals surface area contributed by atoms with E-state index in [1.807, 2.05) is 37.4 Å². The fraction of sp³-hybridized carbons (Fsp3) is 0.400. The van der Waals surface area contributed by atoms with Gasteiger partial charge in [-0.2, -0.15) is 5.10 Å². The molecule has 8 heteroatoms. The van der Waals surface area contributed by atoms with Gasteiger partial charge in [0.1, 0.15) is 5.82 Å². The summed E-state index contributed by atoms with van der Waals surface area (Å²) in [5, 5.41) is 17.3. The van der Waals surface area contributed by atoms with Crippen LogP contribution in [0.3, 0.4) is 0 Å². The predicted octanol–water partition coefficient (Wildman–Crippen LogP) is 3.89. The summed E-state index contributed by atoms with van der Waals surface area (Å²) in [5.74, 6) is 0.675. The second-order valence-corrected chi connectivity index (χ2v) is 11.3. The van der Waals surface area contributed by atoms with Crippen LogP contribution >= 0.6 is 0 Å². The van der Waals surface area contributed by atoms with Gasteiger partial charge in [-0.3, -0.25) is 5.01 Å². The molecule has 0 amide bonds. The largest absolute Gasteiger partial charge is 0.394 e. The Morgan fingerprint density at radius 3 is 2.55 bits per heavy atom. The molecule has 1 spiro atoms. The van der Waals surface area contributed by atoms with Gasteiger partial charge in [-0.15, -0.1) is 0 Å². The number of nitrogens with zero attached hydrogens (tertiary/aromatic N) is 5. The van der Waals surface area contributed by atoms with Gasteiger partial charge in [0.25, 0.3) is 0 Å². The van der Waals surface area contributed by atoms with Crippen molar-refractivity contribution >= 4 is 11.9 Å². The summed E-state index contributed by atoms with van der Waals surface area (Å²) in [7, 11) is 1.92. The van der Waals surface area contributed by atoms with E-state index in [1.54, 1.807) is 0 Å². The SMILES string of the molecule is Cc1cn(-c2ccc(C=C3CC4(COC4)CN4C3=NN(C)C(CO)C4c3ccc(F)cc3)c3c2CC3)cn1. The third kappa shape index (κ3) is 3.69. The second-order valence-electron chi connectivity index (χ2n) is 11.3. The van der Waals surface area contributed by atoms with E-state index in [1.165, 1.54) is 40.1 Å². The molecule has 0 saturated carbocycles. The van der Waals surface area contributed by atoms with Crippen molar-refractivity contribution in [1.82, 2.24) is 19.5 Å². The van der Waals surface area contributed by atoms with Gasteiger partial charge in [0.05, 0.1) is 43.9 Å². The summed E-state index contributed by atoms with van der Waals surface area (Å²) in [6.45, 7) is 4.18. The van der Waals surface area contributed by atoms with E-state index >= 15 is 0 Å². The molecule has 7 rings (SSSR count). The van der Waals surface area contributed by atoms with Crippen molar-refractivity contribution in [2.45, 2.75) is 38.3 Å². The summed E-state index contributed by atoms with van der Waals surface area (Å²) < 4.78 is 21.7. The molecular weight excluding hydrogens is 481 g/mol. The molecule has 2 unspecified atom stereocenters. The Labute approximate surface area is 221 Å². The molecular formula is C30H32FN5O2. The van der Waals surface area contributed by atoms with Crippen LogP contribution in [0.2, 0.25) is 0 Å². The lowest BCUT2D eigenvalue weighted by Gasteiger charge is -2.55. The summed E-state index contributed by atoms with van der Waals surface area (Å²) in [5.41, 5.74) is 8.42. The number of aromatic nitrogens is 2. The number of ether oxygens (including phenoxy) is 1. The number of amidine groups is 1. The van der Waals surface area contributed by atoms with E-state index in [4.69, 9.17) is 9.84 Å². The van der Waals surface area contributed by atoms with Crippen LogP contribution in [0.25, 0.3) is 11.8 Å². The van der Waals surface area contributed by atoms with E-state index < -0.39 is 0 Å².